The molecule has 0 aromatic carbocycles. The highest BCUT2D eigenvalue weighted by Crippen LogP contribution is 2.34. The fraction of sp³-hybridized carbons (Fsp3) is 0.353. The average molecular weight is 361 g/mol. The molecule has 3 aromatic heterocycles. The van der Waals surface area contributed by atoms with E-state index in [0.717, 1.165) is 33.5 Å². The highest BCUT2D eigenvalue weighted by atomic mass is 32.1. The van der Waals surface area contributed by atoms with Gasteiger partial charge in [-0.1, -0.05) is 17.4 Å². The molecule has 3 heterocycles. The van der Waals surface area contributed by atoms with Gasteiger partial charge in [-0.15, -0.1) is 11.3 Å². The molecule has 0 bridgehead atoms. The quantitative estimate of drug-likeness (QED) is 0.608. The highest BCUT2D eigenvalue weighted by Gasteiger charge is 2.20. The van der Waals surface area contributed by atoms with E-state index < -0.39 is 0 Å². The predicted octanol–water partition coefficient (Wildman–Crippen LogP) is 4.44. The largest absolute Gasteiger partial charge is 0.462 e. The maximum Gasteiger partial charge on any atom is 0.339 e. The lowest BCUT2D eigenvalue weighted by Gasteiger charge is -2.16. The number of pyridine rings is 1. The molecule has 3 aromatic rings. The minimum Gasteiger partial charge on any atom is -0.462 e. The van der Waals surface area contributed by atoms with Crippen LogP contribution in [0.1, 0.15) is 31.1 Å². The molecule has 0 aliphatic rings. The first-order valence-electron chi connectivity index (χ1n) is 7.95. The second-order valence-corrected chi connectivity index (χ2v) is 7.00. The number of thiazole rings is 1. The van der Waals surface area contributed by atoms with Gasteiger partial charge in [-0.05, 0) is 38.3 Å². The van der Waals surface area contributed by atoms with Crippen LogP contribution in [0.4, 0.5) is 5.13 Å². The van der Waals surface area contributed by atoms with Gasteiger partial charge in [0, 0.05) is 13.1 Å². The number of carbonyl (C=O) groups excluding carboxylic acids is 1. The van der Waals surface area contributed by atoms with E-state index in [1.807, 2.05) is 30.5 Å². The Morgan fingerprint density at radius 1 is 1.25 bits per heavy atom. The van der Waals surface area contributed by atoms with Crippen molar-refractivity contribution in [3.63, 3.8) is 0 Å². The number of esters is 1. The topological polar surface area (TPSA) is 55.3 Å². The number of anilines is 1. The molecular formula is C17H19N3O2S2. The van der Waals surface area contributed by atoms with E-state index in [1.165, 1.54) is 11.3 Å². The molecule has 0 atom stereocenters. The number of hydrogen-bond donors (Lipinski definition) is 0. The zero-order valence-corrected chi connectivity index (χ0v) is 15.5. The van der Waals surface area contributed by atoms with Gasteiger partial charge in [0.1, 0.15) is 0 Å². The third-order valence-electron chi connectivity index (χ3n) is 3.65. The number of aromatic nitrogens is 2. The zero-order valence-electron chi connectivity index (χ0n) is 13.9. The van der Waals surface area contributed by atoms with Crippen LogP contribution in [0, 0.1) is 0 Å². The summed E-state index contributed by atoms with van der Waals surface area (Å²) in [7, 11) is 0. The van der Waals surface area contributed by atoms with Crippen LogP contribution in [0.15, 0.2) is 23.6 Å². The van der Waals surface area contributed by atoms with E-state index in [9.17, 15) is 4.79 Å². The van der Waals surface area contributed by atoms with E-state index in [-0.39, 0.29) is 5.97 Å². The van der Waals surface area contributed by atoms with Gasteiger partial charge >= 0.3 is 5.97 Å². The molecule has 0 radical (unpaired) electrons. The van der Waals surface area contributed by atoms with Crippen molar-refractivity contribution in [2.75, 3.05) is 24.6 Å². The number of ether oxygens (including phenoxy) is 1. The first-order valence-corrected chi connectivity index (χ1v) is 9.65. The van der Waals surface area contributed by atoms with Gasteiger partial charge in [0.15, 0.2) is 10.8 Å². The molecular weight excluding hydrogens is 342 g/mol. The van der Waals surface area contributed by atoms with Crippen molar-refractivity contribution in [2.24, 2.45) is 0 Å². The van der Waals surface area contributed by atoms with E-state index >= 15 is 0 Å². The third-order valence-corrected chi connectivity index (χ3v) is 5.68. The summed E-state index contributed by atoms with van der Waals surface area (Å²) in [6, 6.07) is 5.78. The van der Waals surface area contributed by atoms with Crippen molar-refractivity contribution >= 4 is 44.1 Å². The Morgan fingerprint density at radius 2 is 2.04 bits per heavy atom. The van der Waals surface area contributed by atoms with Crippen molar-refractivity contribution in [2.45, 2.75) is 20.8 Å². The van der Waals surface area contributed by atoms with Crippen molar-refractivity contribution in [1.82, 2.24) is 9.97 Å². The van der Waals surface area contributed by atoms with Gasteiger partial charge in [-0.2, -0.15) is 4.98 Å². The number of fused-ring (bicyclic) bond motifs is 1. The SMILES string of the molecule is CCOC(=O)c1cc(-c2cccs2)nc2nc(N(CC)CC)sc12. The first kappa shape index (κ1) is 16.9. The Bertz CT molecular complexity index is 839. The van der Waals surface area contributed by atoms with Crippen molar-refractivity contribution in [3.05, 3.63) is 29.1 Å². The molecule has 0 saturated carbocycles. The lowest BCUT2D eigenvalue weighted by molar-refractivity contribution is 0.0529. The van der Waals surface area contributed by atoms with E-state index in [0.29, 0.717) is 17.8 Å². The Balaban J connectivity index is 2.18. The predicted molar refractivity (Wildman–Crippen MR) is 100 cm³/mol. The van der Waals surface area contributed by atoms with E-state index in [2.05, 4.69) is 28.7 Å². The van der Waals surface area contributed by atoms with Crippen LogP contribution in [0.2, 0.25) is 0 Å². The monoisotopic (exact) mass is 361 g/mol. The molecule has 0 aliphatic carbocycles. The number of hydrogen-bond acceptors (Lipinski definition) is 7. The minimum atomic E-state index is -0.322. The van der Waals surface area contributed by atoms with Gasteiger partial charge in [0.25, 0.3) is 0 Å². The molecule has 24 heavy (non-hydrogen) atoms. The Morgan fingerprint density at radius 3 is 2.67 bits per heavy atom. The summed E-state index contributed by atoms with van der Waals surface area (Å²) in [4.78, 5) is 24.9. The van der Waals surface area contributed by atoms with Gasteiger partial charge in [0.2, 0.25) is 0 Å². The second kappa shape index (κ2) is 7.27. The zero-order chi connectivity index (χ0) is 17.1. The summed E-state index contributed by atoms with van der Waals surface area (Å²) in [5, 5.41) is 2.88. The highest BCUT2D eigenvalue weighted by molar-refractivity contribution is 7.22. The summed E-state index contributed by atoms with van der Waals surface area (Å²) in [5.41, 5.74) is 1.91. The number of nitrogens with zero attached hydrogens (tertiary/aromatic N) is 3. The van der Waals surface area contributed by atoms with Crippen LogP contribution in [0.5, 0.6) is 0 Å². The molecule has 0 fully saturated rings. The van der Waals surface area contributed by atoms with Gasteiger partial charge in [-0.25, -0.2) is 9.78 Å². The summed E-state index contributed by atoms with van der Waals surface area (Å²) < 4.78 is 6.02. The molecule has 0 unspecified atom stereocenters. The molecule has 0 N–H and O–H groups in total. The maximum atomic E-state index is 12.4. The van der Waals surface area contributed by atoms with E-state index in [1.54, 1.807) is 11.3 Å². The third kappa shape index (κ3) is 3.14. The maximum absolute atomic E-state index is 12.4. The van der Waals surface area contributed by atoms with Gasteiger partial charge in [0.05, 0.1) is 27.4 Å². The second-order valence-electron chi connectivity index (χ2n) is 5.07. The Labute approximate surface area is 148 Å². The Kier molecular flexibility index (Phi) is 5.11. The molecule has 0 amide bonds. The van der Waals surface area contributed by atoms with Gasteiger partial charge < -0.3 is 9.64 Å². The summed E-state index contributed by atoms with van der Waals surface area (Å²) in [6.07, 6.45) is 0. The van der Waals surface area contributed by atoms with Crippen LogP contribution >= 0.6 is 22.7 Å². The van der Waals surface area contributed by atoms with Crippen molar-refractivity contribution in [1.29, 1.82) is 0 Å². The van der Waals surface area contributed by atoms with Crippen molar-refractivity contribution in [3.8, 4) is 10.6 Å². The average Bonchev–Trinajstić information content (AvgIpc) is 3.24. The molecule has 0 spiro atoms. The van der Waals surface area contributed by atoms with E-state index in [4.69, 9.17) is 4.74 Å². The van der Waals surface area contributed by atoms with Crippen LogP contribution in [0.25, 0.3) is 20.9 Å². The molecule has 0 saturated heterocycles. The van der Waals surface area contributed by atoms with Crippen LogP contribution in [0.3, 0.4) is 0 Å². The molecule has 3 rings (SSSR count). The number of thiophene rings is 1. The molecule has 7 heteroatoms. The molecule has 126 valence electrons. The minimum absolute atomic E-state index is 0.322. The van der Waals surface area contributed by atoms with Crippen LogP contribution in [-0.4, -0.2) is 35.6 Å². The first-order chi connectivity index (χ1) is 11.7. The van der Waals surface area contributed by atoms with Crippen molar-refractivity contribution < 1.29 is 9.53 Å². The Hall–Kier alpha value is -1.99. The van der Waals surface area contributed by atoms with Crippen LogP contribution in [-0.2, 0) is 4.74 Å². The molecule has 0 aliphatic heterocycles. The lowest BCUT2D eigenvalue weighted by atomic mass is 10.2. The smallest absolute Gasteiger partial charge is 0.339 e. The fourth-order valence-electron chi connectivity index (χ4n) is 2.44. The summed E-state index contributed by atoms with van der Waals surface area (Å²) >= 11 is 3.09. The number of rotatable bonds is 6. The van der Waals surface area contributed by atoms with Gasteiger partial charge in [-0.3, -0.25) is 0 Å². The summed E-state index contributed by atoms with van der Waals surface area (Å²) in [5.74, 6) is -0.322. The molecule has 5 nitrogen and oxygen atoms in total. The van der Waals surface area contributed by atoms with Crippen LogP contribution < -0.4 is 4.90 Å². The summed E-state index contributed by atoms with van der Waals surface area (Å²) in [6.45, 7) is 8.06. The fourth-order valence-corrected chi connectivity index (χ4v) is 4.26. The standard InChI is InChI=1S/C17H19N3O2S2/c1-4-20(5-2)17-19-15-14(24-17)11(16(21)22-6-3)10-12(18-15)13-8-7-9-23-13/h7-10H,4-6H2,1-3H3. The normalized spacial score (nSPS) is 11.0. The number of carbonyl (C=O) groups is 1. The lowest BCUT2D eigenvalue weighted by Crippen LogP contribution is -2.21.